The third-order valence-corrected chi connectivity index (χ3v) is 7.73. The van der Waals surface area contributed by atoms with Crippen LogP contribution in [0.5, 0.6) is 5.75 Å². The maximum absolute atomic E-state index is 11.8. The first-order chi connectivity index (χ1) is 20.0. The van der Waals surface area contributed by atoms with E-state index in [2.05, 4.69) is 94.6 Å². The molecule has 44 heavy (non-hydrogen) atoms. The van der Waals surface area contributed by atoms with E-state index in [-0.39, 0.29) is 45.1 Å². The molecule has 2 heterocycles. The molecule has 6 aromatic rings. The van der Waals surface area contributed by atoms with Crippen LogP contribution in [0.15, 0.2) is 103 Å². The van der Waals surface area contributed by atoms with Crippen molar-refractivity contribution in [1.29, 1.82) is 0 Å². The number of aromatic hydroxyl groups is 1. The molecule has 2 aromatic heterocycles. The molecule has 0 aliphatic carbocycles. The zero-order valence-electron chi connectivity index (χ0n) is 25.4. The maximum atomic E-state index is 11.8. The standard InChI is InChI=1S/C38H36N3O.CH4.Pt/c1-37(2,3)26-23-29(35(42)30(24-26)38(4,5)6)36-40-34-28(19-13-22-33(34)41(36)27-17-11-8-12-18-27)32-21-14-20-31(39-32)25-15-9-7-10-16-25;;/h7-15,17-24,42H,1-6H3;1H4;/q-1;;. The number of pyridine rings is 1. The van der Waals surface area contributed by atoms with Crippen molar-refractivity contribution in [3.63, 3.8) is 0 Å². The molecular weight excluding hydrogens is 722 g/mol. The van der Waals surface area contributed by atoms with E-state index in [1.807, 2.05) is 60.7 Å². The Hall–Kier alpha value is -4.01. The fourth-order valence-corrected chi connectivity index (χ4v) is 5.42. The summed E-state index contributed by atoms with van der Waals surface area (Å²) >= 11 is 0. The van der Waals surface area contributed by atoms with E-state index in [4.69, 9.17) is 9.97 Å². The van der Waals surface area contributed by atoms with Gasteiger partial charge in [0.25, 0.3) is 0 Å². The second kappa shape index (κ2) is 12.5. The normalized spacial score (nSPS) is 11.6. The summed E-state index contributed by atoms with van der Waals surface area (Å²) in [4.78, 5) is 10.3. The third-order valence-electron chi connectivity index (χ3n) is 7.73. The van der Waals surface area contributed by atoms with Gasteiger partial charge in [0.1, 0.15) is 11.6 Å². The molecular formula is C39H40N3OPt-. The van der Waals surface area contributed by atoms with E-state index < -0.39 is 0 Å². The Balaban J connectivity index is 0.00000221. The molecule has 0 aliphatic rings. The molecule has 0 atom stereocenters. The van der Waals surface area contributed by atoms with E-state index >= 15 is 0 Å². The summed E-state index contributed by atoms with van der Waals surface area (Å²) in [5.41, 5.74) is 8.74. The SMILES string of the molecule is C.CC(C)(C)c1cc(-c2nc3c(-c4cccc(-c5[c-]cccc5)n4)cccc3n2-c2ccccc2)c(O)c(C(C)(C)C)c1.[Pt]. The average Bonchev–Trinajstić information content (AvgIpc) is 3.36. The fraction of sp³-hybridized carbons (Fsp3) is 0.231. The number of para-hydroxylation sites is 2. The van der Waals surface area contributed by atoms with Crippen LogP contribution in [-0.4, -0.2) is 19.6 Å². The van der Waals surface area contributed by atoms with Crippen LogP contribution in [0, 0.1) is 6.07 Å². The van der Waals surface area contributed by atoms with E-state index in [9.17, 15) is 5.11 Å². The molecule has 0 saturated carbocycles. The molecule has 1 N–H and O–H groups in total. The Bertz CT molecular complexity index is 1900. The first kappa shape index (κ1) is 32.9. The van der Waals surface area contributed by atoms with Crippen molar-refractivity contribution in [3.05, 3.63) is 120 Å². The van der Waals surface area contributed by atoms with Crippen LogP contribution in [0.3, 0.4) is 0 Å². The molecule has 4 nitrogen and oxygen atoms in total. The summed E-state index contributed by atoms with van der Waals surface area (Å²) in [7, 11) is 0. The molecule has 4 aromatic carbocycles. The second-order valence-corrected chi connectivity index (χ2v) is 12.9. The minimum atomic E-state index is -0.256. The van der Waals surface area contributed by atoms with Crippen LogP contribution < -0.4 is 0 Å². The smallest absolute Gasteiger partial charge is 0.149 e. The van der Waals surface area contributed by atoms with Gasteiger partial charge in [0.2, 0.25) is 0 Å². The zero-order valence-corrected chi connectivity index (χ0v) is 27.7. The van der Waals surface area contributed by atoms with Crippen molar-refractivity contribution in [2.75, 3.05) is 0 Å². The van der Waals surface area contributed by atoms with Crippen LogP contribution >= 0.6 is 0 Å². The number of aromatic nitrogens is 3. The van der Waals surface area contributed by atoms with Crippen molar-refractivity contribution < 1.29 is 26.2 Å². The fourth-order valence-electron chi connectivity index (χ4n) is 5.42. The first-order valence-corrected chi connectivity index (χ1v) is 14.4. The largest absolute Gasteiger partial charge is 0.507 e. The van der Waals surface area contributed by atoms with Crippen LogP contribution in [0.4, 0.5) is 0 Å². The Kier molecular flexibility index (Phi) is 9.37. The minimum Gasteiger partial charge on any atom is -0.507 e. The van der Waals surface area contributed by atoms with Gasteiger partial charge in [-0.2, -0.15) is 0 Å². The zero-order chi connectivity index (χ0) is 29.6. The summed E-state index contributed by atoms with van der Waals surface area (Å²) in [6.45, 7) is 13.0. The Morgan fingerprint density at radius 2 is 1.36 bits per heavy atom. The molecule has 0 aliphatic heterocycles. The van der Waals surface area contributed by atoms with Crippen LogP contribution in [-0.2, 0) is 31.9 Å². The van der Waals surface area contributed by atoms with Gasteiger partial charge in [0.05, 0.1) is 22.3 Å². The minimum absolute atomic E-state index is 0. The predicted octanol–water partition coefficient (Wildman–Crippen LogP) is 10.2. The number of phenols is 1. The number of rotatable bonds is 4. The quantitative estimate of drug-likeness (QED) is 0.182. The van der Waals surface area contributed by atoms with Gasteiger partial charge in [0.15, 0.2) is 0 Å². The molecule has 0 bridgehead atoms. The molecule has 0 fully saturated rings. The number of hydrogen-bond acceptors (Lipinski definition) is 3. The van der Waals surface area contributed by atoms with E-state index in [0.29, 0.717) is 5.82 Å². The summed E-state index contributed by atoms with van der Waals surface area (Å²) in [5.74, 6) is 0.967. The first-order valence-electron chi connectivity index (χ1n) is 14.4. The van der Waals surface area contributed by atoms with Gasteiger partial charge in [-0.3, -0.25) is 9.55 Å². The van der Waals surface area contributed by atoms with Gasteiger partial charge >= 0.3 is 0 Å². The molecule has 6 rings (SSSR count). The van der Waals surface area contributed by atoms with Gasteiger partial charge in [-0.1, -0.05) is 97.5 Å². The van der Waals surface area contributed by atoms with Gasteiger partial charge in [0, 0.05) is 37.9 Å². The summed E-state index contributed by atoms with van der Waals surface area (Å²) in [5, 5.41) is 11.8. The average molecular weight is 762 g/mol. The number of hydrogen-bond donors (Lipinski definition) is 1. The summed E-state index contributed by atoms with van der Waals surface area (Å²) in [6.07, 6.45) is 0. The van der Waals surface area contributed by atoms with Crippen molar-refractivity contribution in [3.8, 4) is 45.3 Å². The number of nitrogens with zero attached hydrogens (tertiary/aromatic N) is 3. The van der Waals surface area contributed by atoms with Crippen LogP contribution in [0.1, 0.15) is 60.1 Å². The number of benzene rings is 4. The Morgan fingerprint density at radius 1 is 0.682 bits per heavy atom. The predicted molar refractivity (Wildman–Crippen MR) is 180 cm³/mol. The molecule has 5 heteroatoms. The van der Waals surface area contributed by atoms with Gasteiger partial charge in [-0.15, -0.1) is 35.9 Å². The Morgan fingerprint density at radius 3 is 2.02 bits per heavy atom. The molecule has 0 amide bonds. The summed E-state index contributed by atoms with van der Waals surface area (Å²) < 4.78 is 2.15. The van der Waals surface area contributed by atoms with Gasteiger partial charge < -0.3 is 5.11 Å². The van der Waals surface area contributed by atoms with E-state index in [1.54, 1.807) is 0 Å². The molecule has 0 spiro atoms. The van der Waals surface area contributed by atoms with Gasteiger partial charge in [-0.05, 0) is 52.4 Å². The molecule has 0 unspecified atom stereocenters. The van der Waals surface area contributed by atoms with Crippen molar-refractivity contribution in [2.24, 2.45) is 0 Å². The number of phenolic OH excluding ortho intramolecular Hbond substituents is 1. The van der Waals surface area contributed by atoms with Crippen molar-refractivity contribution >= 4 is 11.0 Å². The Labute approximate surface area is 276 Å². The third kappa shape index (κ3) is 6.14. The number of imidazole rings is 1. The monoisotopic (exact) mass is 761 g/mol. The summed E-state index contributed by atoms with van der Waals surface area (Å²) in [6, 6.07) is 37.9. The van der Waals surface area contributed by atoms with Gasteiger partial charge in [-0.25, -0.2) is 4.98 Å². The molecule has 0 radical (unpaired) electrons. The van der Waals surface area contributed by atoms with Crippen LogP contribution in [0.2, 0.25) is 0 Å². The molecule has 228 valence electrons. The molecule has 0 saturated heterocycles. The van der Waals surface area contributed by atoms with Crippen LogP contribution in [0.25, 0.3) is 50.6 Å². The topological polar surface area (TPSA) is 50.9 Å². The maximum Gasteiger partial charge on any atom is 0.149 e. The number of fused-ring (bicyclic) bond motifs is 1. The second-order valence-electron chi connectivity index (χ2n) is 12.9. The van der Waals surface area contributed by atoms with Crippen molar-refractivity contribution in [2.45, 2.75) is 59.8 Å². The van der Waals surface area contributed by atoms with Crippen molar-refractivity contribution in [1.82, 2.24) is 14.5 Å². The van der Waals surface area contributed by atoms with E-state index in [0.717, 1.165) is 55.9 Å². The van der Waals surface area contributed by atoms with E-state index in [1.165, 1.54) is 0 Å².